The van der Waals surface area contributed by atoms with Crippen molar-refractivity contribution in [1.29, 1.82) is 0 Å². The lowest BCUT2D eigenvalue weighted by Crippen LogP contribution is -2.47. The summed E-state index contributed by atoms with van der Waals surface area (Å²) in [5.74, 6) is 0.640. The van der Waals surface area contributed by atoms with Crippen molar-refractivity contribution in [2.45, 2.75) is 45.2 Å². The first kappa shape index (κ1) is 22.7. The summed E-state index contributed by atoms with van der Waals surface area (Å²) < 4.78 is 27.0. The molecule has 0 N–H and O–H groups in total. The Hall–Kier alpha value is -2.44. The predicted molar refractivity (Wildman–Crippen MR) is 128 cm³/mol. The van der Waals surface area contributed by atoms with Gasteiger partial charge in [0.15, 0.2) is 0 Å². The maximum Gasteiger partial charge on any atom is 0.236 e. The zero-order valence-electron chi connectivity index (χ0n) is 18.6. The average Bonchev–Trinajstić information content (AvgIpc) is 3.68. The monoisotopic (exact) mass is 452 g/mol. The van der Waals surface area contributed by atoms with E-state index in [9.17, 15) is 13.2 Å². The highest BCUT2D eigenvalue weighted by Gasteiger charge is 2.38. The molecule has 1 saturated carbocycles. The van der Waals surface area contributed by atoms with Crippen LogP contribution in [0.5, 0.6) is 0 Å². The third-order valence-corrected chi connectivity index (χ3v) is 8.23. The molecular weight excluding hydrogens is 420 g/mol. The van der Waals surface area contributed by atoms with Gasteiger partial charge in [0.2, 0.25) is 15.9 Å². The van der Waals surface area contributed by atoms with Gasteiger partial charge in [-0.05, 0) is 55.7 Å². The average molecular weight is 453 g/mol. The quantitative estimate of drug-likeness (QED) is 0.591. The van der Waals surface area contributed by atoms with Crippen molar-refractivity contribution in [3.63, 3.8) is 0 Å². The van der Waals surface area contributed by atoms with E-state index < -0.39 is 10.0 Å². The van der Waals surface area contributed by atoms with Crippen LogP contribution in [0.1, 0.15) is 43.7 Å². The zero-order chi connectivity index (χ0) is 22.6. The number of carbonyl (C=O) groups excluding carboxylic acids is 1. The lowest BCUT2D eigenvalue weighted by Gasteiger charge is -2.36. The number of hydrogen-bond donors (Lipinski definition) is 0. The molecular formula is C26H32N2O3S. The summed E-state index contributed by atoms with van der Waals surface area (Å²) in [7, 11) is -3.49. The van der Waals surface area contributed by atoms with Crippen molar-refractivity contribution in [2.24, 2.45) is 11.8 Å². The van der Waals surface area contributed by atoms with Crippen LogP contribution in [0.3, 0.4) is 0 Å². The molecule has 1 heterocycles. The van der Waals surface area contributed by atoms with Gasteiger partial charge in [0.05, 0.1) is 0 Å². The maximum absolute atomic E-state index is 13.5. The van der Waals surface area contributed by atoms with Crippen LogP contribution >= 0.6 is 0 Å². The molecule has 2 fully saturated rings. The van der Waals surface area contributed by atoms with Crippen LogP contribution in [0, 0.1) is 11.8 Å². The molecule has 0 spiro atoms. The number of rotatable bonds is 8. The summed E-state index contributed by atoms with van der Waals surface area (Å²) in [4.78, 5) is 15.5. The Bertz CT molecular complexity index is 1030. The molecule has 0 aromatic heterocycles. The molecule has 32 heavy (non-hydrogen) atoms. The maximum atomic E-state index is 13.5. The zero-order valence-corrected chi connectivity index (χ0v) is 19.5. The van der Waals surface area contributed by atoms with Gasteiger partial charge in [-0.1, -0.05) is 60.7 Å². The van der Waals surface area contributed by atoms with Gasteiger partial charge in [-0.2, -0.15) is 4.31 Å². The number of carbonyl (C=O) groups is 1. The third-order valence-electron chi connectivity index (χ3n) is 6.67. The minimum Gasteiger partial charge on any atom is -0.335 e. The second-order valence-electron chi connectivity index (χ2n) is 8.96. The van der Waals surface area contributed by atoms with Gasteiger partial charge >= 0.3 is 0 Å². The van der Waals surface area contributed by atoms with Crippen molar-refractivity contribution < 1.29 is 13.2 Å². The van der Waals surface area contributed by atoms with Crippen molar-refractivity contribution in [2.75, 3.05) is 13.1 Å². The summed E-state index contributed by atoms with van der Waals surface area (Å²) in [6.07, 6.45) is 5.14. The molecule has 2 aromatic carbocycles. The number of amides is 1. The molecule has 0 radical (unpaired) electrons. The molecule has 1 amide bonds. The van der Waals surface area contributed by atoms with E-state index in [1.165, 1.54) is 22.6 Å². The second-order valence-corrected chi connectivity index (χ2v) is 10.8. The Labute approximate surface area is 191 Å². The molecule has 1 aliphatic heterocycles. The van der Waals surface area contributed by atoms with Gasteiger partial charge in [0.25, 0.3) is 0 Å². The number of piperidine rings is 1. The van der Waals surface area contributed by atoms with Crippen molar-refractivity contribution in [1.82, 2.24) is 9.21 Å². The first-order valence-corrected chi connectivity index (χ1v) is 13.0. The van der Waals surface area contributed by atoms with E-state index in [0.29, 0.717) is 38.4 Å². The Morgan fingerprint density at radius 1 is 1.00 bits per heavy atom. The van der Waals surface area contributed by atoms with Gasteiger partial charge < -0.3 is 4.90 Å². The SMILES string of the molecule is CC(C1CC1)N(Cc1ccccc1)C(=O)C1CCN(S(=O)(=O)/C=C/c2ccccc2)CC1. The Kier molecular flexibility index (Phi) is 7.11. The summed E-state index contributed by atoms with van der Waals surface area (Å²) in [6.45, 7) is 3.55. The van der Waals surface area contributed by atoms with Crippen LogP contribution in [0.2, 0.25) is 0 Å². The fraction of sp³-hybridized carbons (Fsp3) is 0.423. The van der Waals surface area contributed by atoms with Crippen LogP contribution in [-0.4, -0.2) is 42.7 Å². The van der Waals surface area contributed by atoms with Crippen LogP contribution in [0.25, 0.3) is 6.08 Å². The molecule has 6 heteroatoms. The van der Waals surface area contributed by atoms with Gasteiger partial charge in [-0.3, -0.25) is 4.79 Å². The van der Waals surface area contributed by atoms with Gasteiger partial charge in [-0.25, -0.2) is 8.42 Å². The molecule has 0 bridgehead atoms. The summed E-state index contributed by atoms with van der Waals surface area (Å²) in [5, 5.41) is 1.28. The molecule has 1 atom stereocenters. The van der Waals surface area contributed by atoms with Crippen molar-refractivity contribution in [3.05, 3.63) is 77.2 Å². The van der Waals surface area contributed by atoms with E-state index in [1.54, 1.807) is 6.08 Å². The van der Waals surface area contributed by atoms with Crippen molar-refractivity contribution in [3.8, 4) is 0 Å². The third kappa shape index (κ3) is 5.67. The Morgan fingerprint density at radius 2 is 1.59 bits per heavy atom. The van der Waals surface area contributed by atoms with E-state index in [1.807, 2.05) is 53.4 Å². The molecule has 2 aromatic rings. The second kappa shape index (κ2) is 10.0. The standard InChI is InChI=1S/C26H32N2O3S/c1-21(24-12-13-24)28(20-23-10-6-3-7-11-23)26(29)25-14-17-27(18-15-25)32(30,31)19-16-22-8-4-2-5-9-22/h2-11,16,19,21,24-25H,12-15,17-18,20H2,1H3/b19-16+. The minimum atomic E-state index is -3.49. The number of sulfonamides is 1. The first-order valence-electron chi connectivity index (χ1n) is 11.5. The summed E-state index contributed by atoms with van der Waals surface area (Å²) >= 11 is 0. The van der Waals surface area contributed by atoms with Crippen LogP contribution in [0.15, 0.2) is 66.1 Å². The topological polar surface area (TPSA) is 57.7 Å². The highest BCUT2D eigenvalue weighted by Crippen LogP contribution is 2.37. The van der Waals surface area contributed by atoms with Crippen LogP contribution in [-0.2, 0) is 21.4 Å². The minimum absolute atomic E-state index is 0.121. The van der Waals surface area contributed by atoms with E-state index >= 15 is 0 Å². The molecule has 170 valence electrons. The molecule has 1 aliphatic carbocycles. The van der Waals surface area contributed by atoms with E-state index in [2.05, 4.69) is 19.1 Å². The molecule has 5 nitrogen and oxygen atoms in total. The van der Waals surface area contributed by atoms with Crippen LogP contribution < -0.4 is 0 Å². The molecule has 1 unspecified atom stereocenters. The smallest absolute Gasteiger partial charge is 0.236 e. The molecule has 4 rings (SSSR count). The lowest BCUT2D eigenvalue weighted by atomic mass is 9.95. The van der Waals surface area contributed by atoms with E-state index in [0.717, 1.165) is 11.1 Å². The fourth-order valence-corrected chi connectivity index (χ4v) is 5.66. The number of hydrogen-bond acceptors (Lipinski definition) is 3. The van der Waals surface area contributed by atoms with Gasteiger partial charge in [0, 0.05) is 37.0 Å². The first-order chi connectivity index (χ1) is 15.4. The fourth-order valence-electron chi connectivity index (χ4n) is 4.44. The number of nitrogens with zero attached hydrogens (tertiary/aromatic N) is 2. The predicted octanol–water partition coefficient (Wildman–Crippen LogP) is 4.53. The summed E-state index contributed by atoms with van der Waals surface area (Å²) in [6, 6.07) is 19.8. The van der Waals surface area contributed by atoms with E-state index in [-0.39, 0.29) is 17.9 Å². The highest BCUT2D eigenvalue weighted by atomic mass is 32.2. The molecule has 1 saturated heterocycles. The lowest BCUT2D eigenvalue weighted by molar-refractivity contribution is -0.140. The number of benzene rings is 2. The Balaban J connectivity index is 1.39. The summed E-state index contributed by atoms with van der Waals surface area (Å²) in [5.41, 5.74) is 1.99. The normalized spacial score (nSPS) is 19.2. The molecule has 2 aliphatic rings. The van der Waals surface area contributed by atoms with Gasteiger partial charge in [-0.15, -0.1) is 0 Å². The largest absolute Gasteiger partial charge is 0.335 e. The van der Waals surface area contributed by atoms with Gasteiger partial charge in [0.1, 0.15) is 0 Å². The Morgan fingerprint density at radius 3 is 2.19 bits per heavy atom. The van der Waals surface area contributed by atoms with Crippen LogP contribution in [0.4, 0.5) is 0 Å². The van der Waals surface area contributed by atoms with Crippen molar-refractivity contribution >= 4 is 22.0 Å². The highest BCUT2D eigenvalue weighted by molar-refractivity contribution is 7.92. The van der Waals surface area contributed by atoms with E-state index in [4.69, 9.17) is 0 Å².